The van der Waals surface area contributed by atoms with Crippen LogP contribution in [0.2, 0.25) is 10.0 Å². The van der Waals surface area contributed by atoms with E-state index in [0.717, 1.165) is 5.69 Å². The summed E-state index contributed by atoms with van der Waals surface area (Å²) in [6.07, 6.45) is 0. The molecule has 176 valence electrons. The van der Waals surface area contributed by atoms with Crippen LogP contribution in [-0.2, 0) is 9.53 Å². The lowest BCUT2D eigenvalue weighted by Gasteiger charge is -2.14. The third-order valence-electron chi connectivity index (χ3n) is 4.29. The number of hydrogen-bond acceptors (Lipinski definition) is 5. The topological polar surface area (TPSA) is 88.7 Å². The van der Waals surface area contributed by atoms with Crippen LogP contribution in [0.3, 0.4) is 0 Å². The van der Waals surface area contributed by atoms with Crippen molar-refractivity contribution in [3.8, 4) is 5.75 Å². The van der Waals surface area contributed by atoms with Crippen LogP contribution in [0.25, 0.3) is 0 Å². The Bertz CT molecular complexity index is 1150. The predicted octanol–water partition coefficient (Wildman–Crippen LogP) is 6.00. The largest absolute Gasteiger partial charge is 0.487 e. The number of nitrogens with one attached hydrogen (secondary N) is 3. The molecule has 0 aliphatic heterocycles. The Morgan fingerprint density at radius 1 is 0.824 bits per heavy atom. The number of esters is 1. The van der Waals surface area contributed by atoms with Crippen molar-refractivity contribution in [2.45, 2.75) is 6.92 Å². The fourth-order valence-electron chi connectivity index (χ4n) is 2.84. The Morgan fingerprint density at radius 3 is 1.97 bits per heavy atom. The molecule has 0 aromatic heterocycles. The first kappa shape index (κ1) is 25.3. The summed E-state index contributed by atoms with van der Waals surface area (Å²) in [6.45, 7) is 1.56. The van der Waals surface area contributed by atoms with Gasteiger partial charge >= 0.3 is 5.97 Å². The van der Waals surface area contributed by atoms with E-state index in [9.17, 15) is 9.59 Å². The Labute approximate surface area is 212 Å². The molecule has 0 spiro atoms. The first-order valence-electron chi connectivity index (χ1n) is 10.1. The summed E-state index contributed by atoms with van der Waals surface area (Å²) >= 11 is 18.0. The van der Waals surface area contributed by atoms with Crippen molar-refractivity contribution in [2.75, 3.05) is 29.2 Å². The summed E-state index contributed by atoms with van der Waals surface area (Å²) in [7, 11) is 0. The van der Waals surface area contributed by atoms with E-state index >= 15 is 0 Å². The van der Waals surface area contributed by atoms with Crippen LogP contribution in [0.1, 0.15) is 17.3 Å². The standard InChI is InChI=1S/C24H21Cl2N3O4S/c1-15(30)27-17-7-9-18(10-8-17)28-24(34)29-19-13-20(25)22(21(26)14-19)32-11-12-33-23(31)16-5-3-2-4-6-16/h2-10,13-14H,11-12H2,1H3,(H,27,30)(H2,28,29,34). The molecule has 3 N–H and O–H groups in total. The summed E-state index contributed by atoms with van der Waals surface area (Å²) in [5.41, 5.74) is 2.43. The molecule has 3 rings (SSSR count). The van der Waals surface area contributed by atoms with Gasteiger partial charge in [0.1, 0.15) is 13.2 Å². The molecule has 0 saturated carbocycles. The van der Waals surface area contributed by atoms with E-state index in [1.807, 2.05) is 6.07 Å². The molecule has 1 amide bonds. The van der Waals surface area contributed by atoms with Gasteiger partial charge in [0.2, 0.25) is 5.91 Å². The van der Waals surface area contributed by atoms with Gasteiger partial charge in [-0.15, -0.1) is 0 Å². The number of benzene rings is 3. The van der Waals surface area contributed by atoms with Crippen molar-refractivity contribution in [1.29, 1.82) is 0 Å². The zero-order chi connectivity index (χ0) is 24.5. The van der Waals surface area contributed by atoms with E-state index in [1.165, 1.54) is 6.92 Å². The second kappa shape index (κ2) is 12.2. The molecule has 34 heavy (non-hydrogen) atoms. The molecule has 0 heterocycles. The average Bonchev–Trinajstić information content (AvgIpc) is 2.79. The predicted molar refractivity (Wildman–Crippen MR) is 139 cm³/mol. The maximum Gasteiger partial charge on any atom is 0.338 e. The first-order valence-corrected chi connectivity index (χ1v) is 11.3. The van der Waals surface area contributed by atoms with E-state index in [4.69, 9.17) is 44.9 Å². The fraction of sp³-hybridized carbons (Fsp3) is 0.125. The number of amides is 1. The molecule has 0 radical (unpaired) electrons. The molecule has 0 atom stereocenters. The Hall–Kier alpha value is -3.33. The second-order valence-corrected chi connectivity index (χ2v) is 8.18. The molecular formula is C24H21Cl2N3O4S. The molecule has 7 nitrogen and oxygen atoms in total. The number of anilines is 3. The Kier molecular flexibility index (Phi) is 9.09. The van der Waals surface area contributed by atoms with Gasteiger partial charge in [0.15, 0.2) is 10.9 Å². The highest BCUT2D eigenvalue weighted by Crippen LogP contribution is 2.36. The lowest BCUT2D eigenvalue weighted by Crippen LogP contribution is -2.19. The Morgan fingerprint density at radius 2 is 1.38 bits per heavy atom. The number of carbonyl (C=O) groups excluding carboxylic acids is 2. The van der Waals surface area contributed by atoms with Crippen LogP contribution < -0.4 is 20.7 Å². The number of carbonyl (C=O) groups is 2. The molecule has 0 unspecified atom stereocenters. The molecule has 0 bridgehead atoms. The van der Waals surface area contributed by atoms with Gasteiger partial charge in [-0.1, -0.05) is 41.4 Å². The minimum Gasteiger partial charge on any atom is -0.487 e. The van der Waals surface area contributed by atoms with Gasteiger partial charge in [-0.25, -0.2) is 4.79 Å². The summed E-state index contributed by atoms with van der Waals surface area (Å²) in [5.74, 6) is -0.309. The molecule has 0 fully saturated rings. The van der Waals surface area contributed by atoms with Crippen LogP contribution in [0.5, 0.6) is 5.75 Å². The summed E-state index contributed by atoms with van der Waals surface area (Å²) in [4.78, 5) is 23.1. The van der Waals surface area contributed by atoms with Gasteiger partial charge in [0.25, 0.3) is 0 Å². The quantitative estimate of drug-likeness (QED) is 0.192. The smallest absolute Gasteiger partial charge is 0.338 e. The Balaban J connectivity index is 1.50. The van der Waals surface area contributed by atoms with E-state index in [0.29, 0.717) is 22.1 Å². The van der Waals surface area contributed by atoms with E-state index in [1.54, 1.807) is 60.7 Å². The third kappa shape index (κ3) is 7.62. The van der Waals surface area contributed by atoms with Gasteiger partial charge in [-0.3, -0.25) is 4.79 Å². The number of thiocarbonyl (C=S) groups is 1. The number of hydrogen-bond donors (Lipinski definition) is 3. The molecule has 0 aliphatic carbocycles. The lowest BCUT2D eigenvalue weighted by molar-refractivity contribution is -0.114. The molecule has 3 aromatic rings. The minimum atomic E-state index is -0.438. The SMILES string of the molecule is CC(=O)Nc1ccc(NC(=S)Nc2cc(Cl)c(OCCOC(=O)c3ccccc3)c(Cl)c2)cc1. The summed E-state index contributed by atoms with van der Waals surface area (Å²) in [6, 6.07) is 19.0. The van der Waals surface area contributed by atoms with Gasteiger partial charge in [0.05, 0.1) is 15.6 Å². The molecule has 0 aliphatic rings. The van der Waals surface area contributed by atoms with Crippen LogP contribution in [0.4, 0.5) is 17.1 Å². The fourth-order valence-corrected chi connectivity index (χ4v) is 3.67. The van der Waals surface area contributed by atoms with Gasteiger partial charge in [-0.05, 0) is 60.7 Å². The minimum absolute atomic E-state index is 0.0368. The summed E-state index contributed by atoms with van der Waals surface area (Å²) in [5, 5.41) is 9.59. The zero-order valence-corrected chi connectivity index (χ0v) is 20.4. The van der Waals surface area contributed by atoms with Crippen LogP contribution in [-0.4, -0.2) is 30.2 Å². The van der Waals surface area contributed by atoms with Gasteiger partial charge < -0.3 is 25.4 Å². The maximum absolute atomic E-state index is 12.0. The second-order valence-electron chi connectivity index (χ2n) is 6.96. The van der Waals surface area contributed by atoms with Crippen molar-refractivity contribution >= 4 is 69.5 Å². The maximum atomic E-state index is 12.0. The lowest BCUT2D eigenvalue weighted by atomic mass is 10.2. The van der Waals surface area contributed by atoms with Crippen LogP contribution in [0, 0.1) is 0 Å². The van der Waals surface area contributed by atoms with Crippen LogP contribution >= 0.6 is 35.4 Å². The van der Waals surface area contributed by atoms with E-state index in [-0.39, 0.29) is 34.9 Å². The number of halogens is 2. The van der Waals surface area contributed by atoms with E-state index in [2.05, 4.69) is 16.0 Å². The van der Waals surface area contributed by atoms with Crippen molar-refractivity contribution in [3.05, 3.63) is 82.3 Å². The molecular weight excluding hydrogens is 497 g/mol. The van der Waals surface area contributed by atoms with Crippen molar-refractivity contribution < 1.29 is 19.1 Å². The molecule has 3 aromatic carbocycles. The van der Waals surface area contributed by atoms with Crippen molar-refractivity contribution in [2.24, 2.45) is 0 Å². The molecule has 0 saturated heterocycles. The normalized spacial score (nSPS) is 10.2. The zero-order valence-electron chi connectivity index (χ0n) is 18.1. The number of rotatable bonds is 8. The average molecular weight is 518 g/mol. The molecule has 10 heteroatoms. The van der Waals surface area contributed by atoms with Crippen LogP contribution in [0.15, 0.2) is 66.7 Å². The monoisotopic (exact) mass is 517 g/mol. The van der Waals surface area contributed by atoms with Crippen molar-refractivity contribution in [1.82, 2.24) is 0 Å². The number of ether oxygens (including phenoxy) is 2. The highest BCUT2D eigenvalue weighted by Gasteiger charge is 2.12. The van der Waals surface area contributed by atoms with E-state index < -0.39 is 5.97 Å². The van der Waals surface area contributed by atoms with Crippen molar-refractivity contribution in [3.63, 3.8) is 0 Å². The third-order valence-corrected chi connectivity index (χ3v) is 5.06. The summed E-state index contributed by atoms with van der Waals surface area (Å²) < 4.78 is 10.8. The van der Waals surface area contributed by atoms with Gasteiger partial charge in [0, 0.05) is 24.0 Å². The highest BCUT2D eigenvalue weighted by molar-refractivity contribution is 7.80. The highest BCUT2D eigenvalue weighted by atomic mass is 35.5. The van der Waals surface area contributed by atoms with Gasteiger partial charge in [-0.2, -0.15) is 0 Å². The first-order chi connectivity index (χ1) is 16.3.